The van der Waals surface area contributed by atoms with Crippen molar-refractivity contribution in [1.29, 1.82) is 0 Å². The first kappa shape index (κ1) is 24.4. The molecule has 0 atom stereocenters. The van der Waals surface area contributed by atoms with E-state index in [-0.39, 0.29) is 39.7 Å². The topological polar surface area (TPSA) is 78.8 Å². The van der Waals surface area contributed by atoms with Gasteiger partial charge < -0.3 is 5.32 Å². The molecule has 0 bridgehead atoms. The van der Waals surface area contributed by atoms with Crippen LogP contribution >= 0.6 is 0 Å². The van der Waals surface area contributed by atoms with Gasteiger partial charge in [-0.1, -0.05) is 13.0 Å². The van der Waals surface area contributed by atoms with Gasteiger partial charge in [0.25, 0.3) is 15.9 Å². The lowest BCUT2D eigenvalue weighted by Gasteiger charge is -2.31. The van der Waals surface area contributed by atoms with Crippen LogP contribution in [-0.4, -0.2) is 20.2 Å². The lowest BCUT2D eigenvalue weighted by atomic mass is 10.0. The van der Waals surface area contributed by atoms with Gasteiger partial charge in [-0.25, -0.2) is 4.39 Å². The molecule has 0 spiro atoms. The molecular weight excluding hydrogens is 486 g/mol. The van der Waals surface area contributed by atoms with Gasteiger partial charge in [0.2, 0.25) is 0 Å². The fourth-order valence-corrected chi connectivity index (χ4v) is 5.01. The van der Waals surface area contributed by atoms with Crippen molar-refractivity contribution in [3.05, 3.63) is 83.2 Å². The van der Waals surface area contributed by atoms with E-state index in [0.29, 0.717) is 5.69 Å². The van der Waals surface area contributed by atoms with E-state index in [4.69, 9.17) is 0 Å². The average Bonchev–Trinajstić information content (AvgIpc) is 2.79. The highest BCUT2D eigenvalue weighted by Crippen LogP contribution is 2.39. The lowest BCUT2D eigenvalue weighted by molar-refractivity contribution is -0.138. The van der Waals surface area contributed by atoms with Gasteiger partial charge in [0.1, 0.15) is 16.5 Å². The van der Waals surface area contributed by atoms with E-state index in [0.717, 1.165) is 6.07 Å². The molecule has 1 N–H and O–H groups in total. The third kappa shape index (κ3) is 4.76. The maximum Gasteiger partial charge on any atom is 0.416 e. The first-order chi connectivity index (χ1) is 16.4. The summed E-state index contributed by atoms with van der Waals surface area (Å²) < 4.78 is 82.7. The zero-order valence-electron chi connectivity index (χ0n) is 18.5. The number of amidine groups is 1. The smallest absolute Gasteiger partial charge is 0.322 e. The van der Waals surface area contributed by atoms with E-state index >= 15 is 0 Å². The molecule has 0 unspecified atom stereocenters. The molecule has 0 saturated carbocycles. The monoisotopic (exact) mass is 505 g/mol. The maximum atomic E-state index is 13.4. The number of carbonyl (C=O) groups excluding carboxylic acids is 1. The number of carbonyl (C=O) groups is 1. The molecule has 1 aliphatic rings. The van der Waals surface area contributed by atoms with Crippen LogP contribution in [0.25, 0.3) is 0 Å². The van der Waals surface area contributed by atoms with Crippen LogP contribution in [-0.2, 0) is 16.2 Å². The third-order valence-electron chi connectivity index (χ3n) is 5.43. The number of alkyl halides is 3. The summed E-state index contributed by atoms with van der Waals surface area (Å²) in [7, 11) is -4.13. The molecule has 6 nitrogen and oxygen atoms in total. The summed E-state index contributed by atoms with van der Waals surface area (Å²) in [6.45, 7) is 3.01. The van der Waals surface area contributed by atoms with Crippen molar-refractivity contribution < 1.29 is 30.8 Å². The van der Waals surface area contributed by atoms with E-state index in [9.17, 15) is 30.8 Å². The van der Waals surface area contributed by atoms with Gasteiger partial charge >= 0.3 is 6.18 Å². The number of anilines is 3. The van der Waals surface area contributed by atoms with Crippen LogP contribution in [0.15, 0.2) is 70.0 Å². The maximum absolute atomic E-state index is 13.4. The molecule has 35 heavy (non-hydrogen) atoms. The predicted molar refractivity (Wildman–Crippen MR) is 124 cm³/mol. The summed E-state index contributed by atoms with van der Waals surface area (Å²) in [5.74, 6) is -1.08. The summed E-state index contributed by atoms with van der Waals surface area (Å²) >= 11 is 0. The van der Waals surface area contributed by atoms with E-state index in [2.05, 4.69) is 9.71 Å². The number of nitrogens with zero attached hydrogens (tertiary/aromatic N) is 2. The zero-order valence-corrected chi connectivity index (χ0v) is 19.3. The number of sulfonamides is 1. The molecule has 1 heterocycles. The number of hydrogen-bond donors (Lipinski definition) is 1. The number of halogens is 4. The summed E-state index contributed by atoms with van der Waals surface area (Å²) in [5.41, 5.74) is -0.409. The van der Waals surface area contributed by atoms with E-state index in [1.165, 1.54) is 61.5 Å². The van der Waals surface area contributed by atoms with Crippen molar-refractivity contribution in [2.24, 2.45) is 4.40 Å². The molecule has 1 amide bonds. The highest BCUT2D eigenvalue weighted by Gasteiger charge is 2.34. The summed E-state index contributed by atoms with van der Waals surface area (Å²) in [5, 5.41) is 2.44. The average molecular weight is 505 g/mol. The SMILES string of the molecule is CCC1=NS(=O)(=O)c2cc(NC(=O)c3ccc(C)c(C(F)(F)F)c3)ccc2N1c1ccc(F)cc1. The molecule has 0 fully saturated rings. The Hall–Kier alpha value is -3.73. The molecular formula is C24H19F4N3O3S. The quantitative estimate of drug-likeness (QED) is 0.438. The van der Waals surface area contributed by atoms with Gasteiger partial charge in [-0.3, -0.25) is 9.69 Å². The molecule has 4 rings (SSSR count). The van der Waals surface area contributed by atoms with Crippen molar-refractivity contribution in [2.75, 3.05) is 10.2 Å². The fourth-order valence-electron chi connectivity index (χ4n) is 3.72. The molecule has 3 aromatic carbocycles. The highest BCUT2D eigenvalue weighted by atomic mass is 32.2. The minimum Gasteiger partial charge on any atom is -0.322 e. The number of hydrogen-bond acceptors (Lipinski definition) is 4. The molecule has 0 aliphatic carbocycles. The molecule has 3 aromatic rings. The molecule has 0 saturated heterocycles. The predicted octanol–water partition coefficient (Wildman–Crippen LogP) is 6.05. The second-order valence-electron chi connectivity index (χ2n) is 7.81. The standard InChI is InChI=1S/C24H19F4N3O3S/c1-3-22-30-35(33,34)21-13-17(8-11-20(21)31(22)18-9-6-16(25)7-10-18)29-23(32)15-5-4-14(2)19(12-15)24(26,27)28/h4-13H,3H2,1-2H3,(H,29,32). The molecule has 182 valence electrons. The molecule has 1 aliphatic heterocycles. The summed E-state index contributed by atoms with van der Waals surface area (Å²) in [6, 6.07) is 12.7. The minimum atomic E-state index is -4.63. The van der Waals surface area contributed by atoms with Crippen LogP contribution in [0.4, 0.5) is 34.6 Å². The lowest BCUT2D eigenvalue weighted by Crippen LogP contribution is -2.31. The number of nitrogens with one attached hydrogen (secondary N) is 1. The largest absolute Gasteiger partial charge is 0.416 e. The van der Waals surface area contributed by atoms with Crippen LogP contribution in [0.5, 0.6) is 0 Å². The second kappa shape index (κ2) is 8.81. The molecule has 11 heteroatoms. The van der Waals surface area contributed by atoms with Crippen molar-refractivity contribution in [3.8, 4) is 0 Å². The number of aryl methyl sites for hydroxylation is 1. The number of amides is 1. The van der Waals surface area contributed by atoms with Gasteiger partial charge in [-0.2, -0.15) is 21.6 Å². The van der Waals surface area contributed by atoms with Crippen LogP contribution in [0, 0.1) is 12.7 Å². The number of benzene rings is 3. The normalized spacial score (nSPS) is 14.8. The van der Waals surface area contributed by atoms with Crippen LogP contribution in [0.2, 0.25) is 0 Å². The Morgan fingerprint density at radius 1 is 1.03 bits per heavy atom. The Bertz CT molecular complexity index is 1450. The van der Waals surface area contributed by atoms with E-state index in [1.54, 1.807) is 11.8 Å². The van der Waals surface area contributed by atoms with E-state index in [1.807, 2.05) is 0 Å². The van der Waals surface area contributed by atoms with Crippen molar-refractivity contribution >= 4 is 38.8 Å². The minimum absolute atomic E-state index is 0.0283. The Kier molecular flexibility index (Phi) is 6.14. The Balaban J connectivity index is 1.72. The Morgan fingerprint density at radius 3 is 2.34 bits per heavy atom. The Labute approximate surface area is 199 Å². The van der Waals surface area contributed by atoms with E-state index < -0.39 is 33.5 Å². The summed E-state index contributed by atoms with van der Waals surface area (Å²) in [6.07, 6.45) is -4.36. The van der Waals surface area contributed by atoms with Gasteiger partial charge in [-0.15, -0.1) is 4.40 Å². The van der Waals surface area contributed by atoms with Gasteiger partial charge in [0, 0.05) is 23.4 Å². The summed E-state index contributed by atoms with van der Waals surface area (Å²) in [4.78, 5) is 14.0. The van der Waals surface area contributed by atoms with Crippen LogP contribution < -0.4 is 10.2 Å². The van der Waals surface area contributed by atoms with Crippen molar-refractivity contribution in [2.45, 2.75) is 31.3 Å². The first-order valence-corrected chi connectivity index (χ1v) is 11.9. The second-order valence-corrected chi connectivity index (χ2v) is 9.38. The van der Waals surface area contributed by atoms with Crippen molar-refractivity contribution in [3.63, 3.8) is 0 Å². The Morgan fingerprint density at radius 2 is 1.71 bits per heavy atom. The molecule has 0 radical (unpaired) electrons. The number of fused-ring (bicyclic) bond motifs is 1. The highest BCUT2D eigenvalue weighted by molar-refractivity contribution is 7.90. The van der Waals surface area contributed by atoms with Gasteiger partial charge in [-0.05, 0) is 67.1 Å². The van der Waals surface area contributed by atoms with Gasteiger partial charge in [0.05, 0.1) is 11.3 Å². The van der Waals surface area contributed by atoms with Crippen LogP contribution in [0.3, 0.4) is 0 Å². The fraction of sp³-hybridized carbons (Fsp3) is 0.167. The number of rotatable bonds is 4. The molecule has 0 aromatic heterocycles. The van der Waals surface area contributed by atoms with Gasteiger partial charge in [0.15, 0.2) is 0 Å². The van der Waals surface area contributed by atoms with Crippen LogP contribution in [0.1, 0.15) is 34.8 Å². The zero-order chi connectivity index (χ0) is 25.5. The van der Waals surface area contributed by atoms with Crippen molar-refractivity contribution in [1.82, 2.24) is 0 Å². The third-order valence-corrected chi connectivity index (χ3v) is 6.76. The first-order valence-electron chi connectivity index (χ1n) is 10.4.